The van der Waals surface area contributed by atoms with E-state index in [2.05, 4.69) is 43.5 Å². The molecule has 1 amide bonds. The van der Waals surface area contributed by atoms with Gasteiger partial charge in [0.2, 0.25) is 5.91 Å². The summed E-state index contributed by atoms with van der Waals surface area (Å²) in [6.07, 6.45) is 48.8. The maximum atomic E-state index is 12.0. The van der Waals surface area contributed by atoms with E-state index in [9.17, 15) is 4.79 Å². The molecule has 2 nitrogen and oxygen atoms in total. The SMILES string of the molecule is CCCCCC/C=C\CCCCCCCC(=O)NCCCCCCCCCCCC/C=C\CCCCCCCC. The molecule has 0 aromatic carbocycles. The molecule has 0 heterocycles. The van der Waals surface area contributed by atoms with Crippen LogP contribution in [-0.4, -0.2) is 12.5 Å². The molecule has 0 aliphatic rings. The van der Waals surface area contributed by atoms with Crippen molar-refractivity contribution in [2.75, 3.05) is 6.54 Å². The normalized spacial score (nSPS) is 11.8. The van der Waals surface area contributed by atoms with Crippen LogP contribution < -0.4 is 5.32 Å². The van der Waals surface area contributed by atoms with Gasteiger partial charge in [-0.2, -0.15) is 0 Å². The highest BCUT2D eigenvalue weighted by Gasteiger charge is 2.00. The molecule has 0 saturated heterocycles. The lowest BCUT2D eigenvalue weighted by Gasteiger charge is -2.06. The number of hydrogen-bond acceptors (Lipinski definition) is 1. The standard InChI is InChI=1S/C38H73NO/c1-3-5-7-9-11-13-15-17-18-19-20-21-22-23-25-27-29-31-33-35-37-39-38(40)36-34-32-30-28-26-24-16-14-12-10-8-6-4-2/h14,16-18H,3-13,15,19-37H2,1-2H3,(H,39,40)/b16-14-,18-17-. The molecule has 1 N–H and O–H groups in total. The molecular formula is C38H73NO. The van der Waals surface area contributed by atoms with Crippen LogP contribution in [0.3, 0.4) is 0 Å². The van der Waals surface area contributed by atoms with Crippen LogP contribution in [0.4, 0.5) is 0 Å². The first-order valence-corrected chi connectivity index (χ1v) is 18.4. The number of allylic oxidation sites excluding steroid dienone is 4. The molecular weight excluding hydrogens is 486 g/mol. The number of hydrogen-bond donors (Lipinski definition) is 1. The minimum absolute atomic E-state index is 0.263. The monoisotopic (exact) mass is 560 g/mol. The molecule has 0 atom stereocenters. The smallest absolute Gasteiger partial charge is 0.219 e. The van der Waals surface area contributed by atoms with E-state index < -0.39 is 0 Å². The minimum Gasteiger partial charge on any atom is -0.356 e. The summed E-state index contributed by atoms with van der Waals surface area (Å²) in [5, 5.41) is 3.13. The Morgan fingerprint density at radius 3 is 1.10 bits per heavy atom. The van der Waals surface area contributed by atoms with Crippen molar-refractivity contribution < 1.29 is 4.79 Å². The third-order valence-electron chi connectivity index (χ3n) is 8.18. The summed E-state index contributed by atoms with van der Waals surface area (Å²) >= 11 is 0. The van der Waals surface area contributed by atoms with Gasteiger partial charge in [-0.15, -0.1) is 0 Å². The Morgan fingerprint density at radius 1 is 0.400 bits per heavy atom. The minimum atomic E-state index is 0.263. The van der Waals surface area contributed by atoms with Gasteiger partial charge < -0.3 is 5.32 Å². The molecule has 0 aliphatic heterocycles. The zero-order valence-electron chi connectivity index (χ0n) is 27.6. The van der Waals surface area contributed by atoms with E-state index in [0.717, 1.165) is 19.4 Å². The lowest BCUT2D eigenvalue weighted by Crippen LogP contribution is -2.23. The number of amides is 1. The number of carbonyl (C=O) groups is 1. The molecule has 2 heteroatoms. The quantitative estimate of drug-likeness (QED) is 0.0628. The Kier molecular flexibility index (Phi) is 35.0. The van der Waals surface area contributed by atoms with E-state index in [1.807, 2.05) is 0 Å². The molecule has 0 rings (SSSR count). The largest absolute Gasteiger partial charge is 0.356 e. The Hall–Kier alpha value is -1.05. The average Bonchev–Trinajstić information content (AvgIpc) is 2.96. The highest BCUT2D eigenvalue weighted by atomic mass is 16.1. The summed E-state index contributed by atoms with van der Waals surface area (Å²) in [6.45, 7) is 5.43. The lowest BCUT2D eigenvalue weighted by atomic mass is 10.1. The van der Waals surface area contributed by atoms with Crippen molar-refractivity contribution in [1.29, 1.82) is 0 Å². The van der Waals surface area contributed by atoms with Gasteiger partial charge in [-0.05, 0) is 64.2 Å². The van der Waals surface area contributed by atoms with Crippen LogP contribution in [0.1, 0.15) is 206 Å². The number of carbonyl (C=O) groups excluding carboxylic acids is 1. The summed E-state index contributed by atoms with van der Waals surface area (Å²) in [7, 11) is 0. The summed E-state index contributed by atoms with van der Waals surface area (Å²) in [6, 6.07) is 0. The van der Waals surface area contributed by atoms with Crippen molar-refractivity contribution >= 4 is 5.91 Å². The first-order chi connectivity index (χ1) is 19.8. The second kappa shape index (κ2) is 36.0. The number of nitrogens with one attached hydrogen (secondary N) is 1. The van der Waals surface area contributed by atoms with Crippen LogP contribution in [0, 0.1) is 0 Å². The Morgan fingerprint density at radius 2 is 0.700 bits per heavy atom. The first-order valence-electron chi connectivity index (χ1n) is 18.4. The highest BCUT2D eigenvalue weighted by molar-refractivity contribution is 5.75. The number of rotatable bonds is 33. The van der Waals surface area contributed by atoms with Gasteiger partial charge in [0, 0.05) is 13.0 Å². The molecule has 0 saturated carbocycles. The van der Waals surface area contributed by atoms with E-state index in [1.165, 1.54) is 173 Å². The fraction of sp³-hybridized carbons (Fsp3) is 0.868. The third kappa shape index (κ3) is 35.0. The predicted molar refractivity (Wildman–Crippen MR) is 181 cm³/mol. The molecule has 0 unspecified atom stereocenters. The van der Waals surface area contributed by atoms with Crippen LogP contribution in [0.25, 0.3) is 0 Å². The van der Waals surface area contributed by atoms with Crippen molar-refractivity contribution in [3.63, 3.8) is 0 Å². The second-order valence-corrected chi connectivity index (χ2v) is 12.3. The van der Waals surface area contributed by atoms with Gasteiger partial charge in [-0.1, -0.05) is 160 Å². The zero-order chi connectivity index (χ0) is 29.0. The van der Waals surface area contributed by atoms with E-state index in [0.29, 0.717) is 6.42 Å². The zero-order valence-corrected chi connectivity index (χ0v) is 27.6. The van der Waals surface area contributed by atoms with Gasteiger partial charge in [-0.3, -0.25) is 4.79 Å². The van der Waals surface area contributed by atoms with Crippen LogP contribution >= 0.6 is 0 Å². The Balaban J connectivity index is 3.20. The van der Waals surface area contributed by atoms with Crippen LogP contribution in [0.15, 0.2) is 24.3 Å². The molecule has 0 aliphatic carbocycles. The fourth-order valence-corrected chi connectivity index (χ4v) is 5.40. The molecule has 0 aromatic heterocycles. The van der Waals surface area contributed by atoms with E-state index in [1.54, 1.807) is 0 Å². The average molecular weight is 560 g/mol. The van der Waals surface area contributed by atoms with Crippen molar-refractivity contribution in [3.05, 3.63) is 24.3 Å². The summed E-state index contributed by atoms with van der Waals surface area (Å²) in [5.74, 6) is 0.263. The molecule has 236 valence electrons. The molecule has 0 aromatic rings. The summed E-state index contributed by atoms with van der Waals surface area (Å²) in [5.41, 5.74) is 0. The second-order valence-electron chi connectivity index (χ2n) is 12.3. The van der Waals surface area contributed by atoms with Gasteiger partial charge in [-0.25, -0.2) is 0 Å². The number of unbranched alkanes of at least 4 members (excludes halogenated alkanes) is 25. The van der Waals surface area contributed by atoms with Crippen LogP contribution in [-0.2, 0) is 4.79 Å². The van der Waals surface area contributed by atoms with E-state index in [4.69, 9.17) is 0 Å². The summed E-state index contributed by atoms with van der Waals surface area (Å²) in [4.78, 5) is 12.0. The first kappa shape index (κ1) is 39.0. The molecule has 0 spiro atoms. The highest BCUT2D eigenvalue weighted by Crippen LogP contribution is 2.13. The Labute approximate surface area is 253 Å². The van der Waals surface area contributed by atoms with Crippen molar-refractivity contribution in [2.24, 2.45) is 0 Å². The van der Waals surface area contributed by atoms with E-state index >= 15 is 0 Å². The van der Waals surface area contributed by atoms with Crippen molar-refractivity contribution in [2.45, 2.75) is 206 Å². The van der Waals surface area contributed by atoms with Gasteiger partial charge in [0.05, 0.1) is 0 Å². The third-order valence-corrected chi connectivity index (χ3v) is 8.18. The maximum absolute atomic E-state index is 12.0. The van der Waals surface area contributed by atoms with Crippen LogP contribution in [0.5, 0.6) is 0 Å². The topological polar surface area (TPSA) is 29.1 Å². The predicted octanol–water partition coefficient (Wildman–Crippen LogP) is 13.0. The molecule has 0 bridgehead atoms. The fourth-order valence-electron chi connectivity index (χ4n) is 5.40. The lowest BCUT2D eigenvalue weighted by molar-refractivity contribution is -0.121. The van der Waals surface area contributed by atoms with Crippen LogP contribution in [0.2, 0.25) is 0 Å². The molecule has 0 radical (unpaired) electrons. The molecule has 0 fully saturated rings. The van der Waals surface area contributed by atoms with Gasteiger partial charge >= 0.3 is 0 Å². The van der Waals surface area contributed by atoms with Gasteiger partial charge in [0.1, 0.15) is 0 Å². The van der Waals surface area contributed by atoms with Crippen molar-refractivity contribution in [1.82, 2.24) is 5.32 Å². The maximum Gasteiger partial charge on any atom is 0.219 e. The van der Waals surface area contributed by atoms with Crippen molar-refractivity contribution in [3.8, 4) is 0 Å². The van der Waals surface area contributed by atoms with E-state index in [-0.39, 0.29) is 5.91 Å². The van der Waals surface area contributed by atoms with Gasteiger partial charge in [0.15, 0.2) is 0 Å². The molecule has 40 heavy (non-hydrogen) atoms. The summed E-state index contributed by atoms with van der Waals surface area (Å²) < 4.78 is 0. The Bertz CT molecular complexity index is 538. The van der Waals surface area contributed by atoms with Gasteiger partial charge in [0.25, 0.3) is 0 Å².